The highest BCUT2D eigenvalue weighted by molar-refractivity contribution is 7.89. The fraction of sp³-hybridized carbons (Fsp3) is 0.368. The average molecular weight is 344 g/mol. The van der Waals surface area contributed by atoms with E-state index in [-0.39, 0.29) is 5.54 Å². The zero-order valence-corrected chi connectivity index (χ0v) is 15.0. The third-order valence-electron chi connectivity index (χ3n) is 4.84. The Kier molecular flexibility index (Phi) is 4.76. The minimum atomic E-state index is -3.39. The Morgan fingerprint density at radius 1 is 1.04 bits per heavy atom. The lowest BCUT2D eigenvalue weighted by molar-refractivity contribution is 0.183. The number of hydrogen-bond acceptors (Lipinski definition) is 3. The van der Waals surface area contributed by atoms with Gasteiger partial charge < -0.3 is 5.32 Å². The Morgan fingerprint density at radius 3 is 2.33 bits per heavy atom. The van der Waals surface area contributed by atoms with Crippen molar-refractivity contribution in [3.63, 3.8) is 0 Å². The van der Waals surface area contributed by atoms with E-state index in [0.717, 1.165) is 18.4 Å². The summed E-state index contributed by atoms with van der Waals surface area (Å²) in [6.07, 6.45) is 3.45. The number of nitrogens with zero attached hydrogens (tertiary/aromatic N) is 1. The molecule has 0 unspecified atom stereocenters. The van der Waals surface area contributed by atoms with Gasteiger partial charge in [-0.25, -0.2) is 12.7 Å². The molecule has 128 valence electrons. The lowest BCUT2D eigenvalue weighted by Crippen LogP contribution is -2.47. The van der Waals surface area contributed by atoms with Gasteiger partial charge in [0.15, 0.2) is 0 Å². The molecule has 1 saturated carbocycles. The SMILES string of the molecule is CN(C)S(=O)(=O)c1cccc(CNC2(c3ccccc3)CCC2)c1. The van der Waals surface area contributed by atoms with Gasteiger partial charge >= 0.3 is 0 Å². The summed E-state index contributed by atoms with van der Waals surface area (Å²) in [5, 5.41) is 3.66. The van der Waals surface area contributed by atoms with E-state index in [2.05, 4.69) is 29.6 Å². The summed E-state index contributed by atoms with van der Waals surface area (Å²) in [4.78, 5) is 0.342. The van der Waals surface area contributed by atoms with E-state index in [4.69, 9.17) is 0 Å². The zero-order valence-electron chi connectivity index (χ0n) is 14.2. The third kappa shape index (κ3) is 3.24. The normalized spacial score (nSPS) is 16.8. The van der Waals surface area contributed by atoms with Crippen LogP contribution in [0, 0.1) is 0 Å². The Labute approximate surface area is 144 Å². The molecule has 0 spiro atoms. The second-order valence-electron chi connectivity index (χ2n) is 6.59. The largest absolute Gasteiger partial charge is 0.303 e. The molecule has 1 N–H and O–H groups in total. The van der Waals surface area contributed by atoms with Crippen LogP contribution in [0.25, 0.3) is 0 Å². The minimum absolute atomic E-state index is 0.0255. The van der Waals surface area contributed by atoms with Gasteiger partial charge in [-0.2, -0.15) is 0 Å². The van der Waals surface area contributed by atoms with E-state index in [1.807, 2.05) is 18.2 Å². The molecule has 0 bridgehead atoms. The smallest absolute Gasteiger partial charge is 0.242 e. The number of sulfonamides is 1. The van der Waals surface area contributed by atoms with Gasteiger partial charge in [0, 0.05) is 26.2 Å². The molecule has 24 heavy (non-hydrogen) atoms. The molecule has 0 heterocycles. The molecule has 2 aromatic carbocycles. The fourth-order valence-corrected chi connectivity index (χ4v) is 4.13. The summed E-state index contributed by atoms with van der Waals surface area (Å²) < 4.78 is 25.8. The molecular formula is C19H24N2O2S. The zero-order chi connectivity index (χ0) is 17.2. The fourth-order valence-electron chi connectivity index (χ4n) is 3.15. The molecule has 0 radical (unpaired) electrons. The summed E-state index contributed by atoms with van der Waals surface area (Å²) in [5.41, 5.74) is 2.32. The first-order chi connectivity index (χ1) is 11.4. The lowest BCUT2D eigenvalue weighted by Gasteiger charge is -2.43. The van der Waals surface area contributed by atoms with E-state index in [0.29, 0.717) is 11.4 Å². The van der Waals surface area contributed by atoms with Crippen molar-refractivity contribution in [2.24, 2.45) is 0 Å². The molecule has 4 nitrogen and oxygen atoms in total. The van der Waals surface area contributed by atoms with Crippen molar-refractivity contribution in [1.82, 2.24) is 9.62 Å². The number of hydrogen-bond donors (Lipinski definition) is 1. The quantitative estimate of drug-likeness (QED) is 0.876. The van der Waals surface area contributed by atoms with Gasteiger partial charge in [0.2, 0.25) is 10.0 Å². The van der Waals surface area contributed by atoms with Crippen LogP contribution in [-0.4, -0.2) is 26.8 Å². The van der Waals surface area contributed by atoms with Gasteiger partial charge in [-0.05, 0) is 42.5 Å². The Bertz CT molecular complexity index is 797. The molecule has 0 aliphatic heterocycles. The van der Waals surface area contributed by atoms with Crippen LogP contribution in [0.2, 0.25) is 0 Å². The maximum Gasteiger partial charge on any atom is 0.242 e. The van der Waals surface area contributed by atoms with E-state index in [1.165, 1.54) is 16.3 Å². The lowest BCUT2D eigenvalue weighted by atomic mass is 9.71. The maximum absolute atomic E-state index is 12.3. The first kappa shape index (κ1) is 17.1. The molecule has 5 heteroatoms. The van der Waals surface area contributed by atoms with E-state index >= 15 is 0 Å². The number of nitrogens with one attached hydrogen (secondary N) is 1. The molecule has 0 amide bonds. The van der Waals surface area contributed by atoms with Crippen LogP contribution in [-0.2, 0) is 22.1 Å². The van der Waals surface area contributed by atoms with Crippen molar-refractivity contribution in [3.05, 3.63) is 65.7 Å². The van der Waals surface area contributed by atoms with Crippen molar-refractivity contribution in [2.75, 3.05) is 14.1 Å². The topological polar surface area (TPSA) is 49.4 Å². The predicted molar refractivity (Wildman–Crippen MR) is 96.1 cm³/mol. The van der Waals surface area contributed by atoms with Gasteiger partial charge in [-0.1, -0.05) is 42.5 Å². The molecule has 1 aliphatic carbocycles. The highest BCUT2D eigenvalue weighted by atomic mass is 32.2. The monoisotopic (exact) mass is 344 g/mol. The van der Waals surface area contributed by atoms with Crippen molar-refractivity contribution >= 4 is 10.0 Å². The second-order valence-corrected chi connectivity index (χ2v) is 8.74. The van der Waals surface area contributed by atoms with Gasteiger partial charge in [-0.3, -0.25) is 0 Å². The van der Waals surface area contributed by atoms with Gasteiger partial charge in [0.1, 0.15) is 0 Å². The first-order valence-corrected chi connectivity index (χ1v) is 9.70. The highest BCUT2D eigenvalue weighted by Gasteiger charge is 2.37. The molecule has 1 aliphatic rings. The van der Waals surface area contributed by atoms with Gasteiger partial charge in [0.25, 0.3) is 0 Å². The van der Waals surface area contributed by atoms with Crippen molar-refractivity contribution in [1.29, 1.82) is 0 Å². The molecule has 2 aromatic rings. The van der Waals surface area contributed by atoms with Crippen LogP contribution in [0.5, 0.6) is 0 Å². The minimum Gasteiger partial charge on any atom is -0.303 e. The van der Waals surface area contributed by atoms with Crippen LogP contribution >= 0.6 is 0 Å². The molecule has 0 saturated heterocycles. The standard InChI is InChI=1S/C19H24N2O2S/c1-21(2)24(22,23)18-11-6-8-16(14-18)15-20-19(12-7-13-19)17-9-4-3-5-10-17/h3-6,8-11,14,20H,7,12-13,15H2,1-2H3. The highest BCUT2D eigenvalue weighted by Crippen LogP contribution is 2.41. The second kappa shape index (κ2) is 6.67. The summed E-state index contributed by atoms with van der Waals surface area (Å²) in [7, 11) is -0.282. The summed E-state index contributed by atoms with van der Waals surface area (Å²) >= 11 is 0. The first-order valence-electron chi connectivity index (χ1n) is 8.26. The van der Waals surface area contributed by atoms with Gasteiger partial charge in [0.05, 0.1) is 4.90 Å². The number of benzene rings is 2. The Morgan fingerprint density at radius 2 is 1.75 bits per heavy atom. The van der Waals surface area contributed by atoms with Crippen molar-refractivity contribution < 1.29 is 8.42 Å². The summed E-state index contributed by atoms with van der Waals surface area (Å²) in [6, 6.07) is 17.7. The molecule has 1 fully saturated rings. The average Bonchev–Trinajstić information content (AvgIpc) is 2.55. The molecule has 0 atom stereocenters. The predicted octanol–water partition coefficient (Wildman–Crippen LogP) is 3.11. The summed E-state index contributed by atoms with van der Waals surface area (Å²) in [6.45, 7) is 0.658. The van der Waals surface area contributed by atoms with Crippen LogP contribution in [0.1, 0.15) is 30.4 Å². The van der Waals surface area contributed by atoms with E-state index in [9.17, 15) is 8.42 Å². The van der Waals surface area contributed by atoms with E-state index in [1.54, 1.807) is 26.2 Å². The van der Waals surface area contributed by atoms with Gasteiger partial charge in [-0.15, -0.1) is 0 Å². The Hall–Kier alpha value is -1.69. The van der Waals surface area contributed by atoms with E-state index < -0.39 is 10.0 Å². The summed E-state index contributed by atoms with van der Waals surface area (Å²) in [5.74, 6) is 0. The molecular weight excluding hydrogens is 320 g/mol. The van der Waals surface area contributed by atoms with Crippen molar-refractivity contribution in [3.8, 4) is 0 Å². The number of rotatable bonds is 6. The van der Waals surface area contributed by atoms with Crippen LogP contribution < -0.4 is 5.32 Å². The Balaban J connectivity index is 1.78. The third-order valence-corrected chi connectivity index (χ3v) is 6.65. The molecule has 0 aromatic heterocycles. The van der Waals surface area contributed by atoms with Crippen molar-refractivity contribution in [2.45, 2.75) is 36.2 Å². The van der Waals surface area contributed by atoms with Crippen LogP contribution in [0.4, 0.5) is 0 Å². The van der Waals surface area contributed by atoms with Crippen LogP contribution in [0.3, 0.4) is 0 Å². The van der Waals surface area contributed by atoms with Crippen LogP contribution in [0.15, 0.2) is 59.5 Å². The molecule has 3 rings (SSSR count). The maximum atomic E-state index is 12.3.